The van der Waals surface area contributed by atoms with Gasteiger partial charge in [-0.25, -0.2) is 0 Å². The Balaban J connectivity index is 1.66. The third-order valence-electron chi connectivity index (χ3n) is 5.39. The Bertz CT molecular complexity index is 908. The van der Waals surface area contributed by atoms with Crippen molar-refractivity contribution in [1.82, 2.24) is 0 Å². The maximum Gasteiger partial charge on any atom is 0.0392 e. The van der Waals surface area contributed by atoms with Crippen LogP contribution in [0, 0.1) is 5.41 Å². The number of rotatable bonds is 5. The molecule has 0 aromatic heterocycles. The Hall–Kier alpha value is -2.67. The first-order valence-corrected chi connectivity index (χ1v) is 9.10. The molecule has 1 N–H and O–H groups in total. The zero-order valence-electron chi connectivity index (χ0n) is 14.6. The second-order valence-electron chi connectivity index (χ2n) is 6.86. The van der Waals surface area contributed by atoms with Crippen molar-refractivity contribution >= 4 is 5.71 Å². The largest absolute Gasteiger partial charge is 0.305 e. The summed E-state index contributed by atoms with van der Waals surface area (Å²) in [6.45, 7) is 2.24. The predicted octanol–water partition coefficient (Wildman–Crippen LogP) is 6.21. The Kier molecular flexibility index (Phi) is 4.23. The van der Waals surface area contributed by atoms with Gasteiger partial charge in [0.2, 0.25) is 0 Å². The average Bonchev–Trinajstić information content (AvgIpc) is 3.05. The lowest BCUT2D eigenvalue weighted by Crippen LogP contribution is -2.09. The first-order valence-electron chi connectivity index (χ1n) is 9.10. The molecule has 0 amide bonds. The molecule has 0 radical (unpaired) electrons. The van der Waals surface area contributed by atoms with Gasteiger partial charge in [-0.2, -0.15) is 0 Å². The van der Waals surface area contributed by atoms with Gasteiger partial charge in [-0.15, -0.1) is 0 Å². The third-order valence-corrected chi connectivity index (χ3v) is 5.39. The fraction of sp³-hybridized carbons (Fsp3) is 0.208. The zero-order valence-corrected chi connectivity index (χ0v) is 14.6. The Morgan fingerprint density at radius 3 is 2.40 bits per heavy atom. The molecule has 1 heteroatoms. The molecule has 124 valence electrons. The summed E-state index contributed by atoms with van der Waals surface area (Å²) < 4.78 is 0. The molecule has 0 saturated carbocycles. The van der Waals surface area contributed by atoms with Crippen LogP contribution in [0.1, 0.15) is 47.9 Å². The minimum absolute atomic E-state index is 0.400. The zero-order chi connectivity index (χ0) is 17.2. The first kappa shape index (κ1) is 15.8. The van der Waals surface area contributed by atoms with Crippen LogP contribution in [0.5, 0.6) is 0 Å². The summed E-state index contributed by atoms with van der Waals surface area (Å²) in [5.41, 5.74) is 8.87. The van der Waals surface area contributed by atoms with Crippen LogP contribution >= 0.6 is 0 Å². The molecule has 0 bridgehead atoms. The molecule has 3 aromatic carbocycles. The highest BCUT2D eigenvalue weighted by atomic mass is 14.4. The van der Waals surface area contributed by atoms with E-state index in [0.717, 1.165) is 30.5 Å². The summed E-state index contributed by atoms with van der Waals surface area (Å²) in [6, 6.07) is 25.6. The maximum absolute atomic E-state index is 8.54. The summed E-state index contributed by atoms with van der Waals surface area (Å²) in [5.74, 6) is 0.400. The van der Waals surface area contributed by atoms with E-state index >= 15 is 0 Å². The molecular weight excluding hydrogens is 302 g/mol. The van der Waals surface area contributed by atoms with Crippen LogP contribution in [0.3, 0.4) is 0 Å². The van der Waals surface area contributed by atoms with E-state index in [1.807, 2.05) is 30.3 Å². The van der Waals surface area contributed by atoms with E-state index < -0.39 is 0 Å². The average molecular weight is 325 g/mol. The standard InChI is InChI=1S/C24H23N/c1-2-17(16-24(25)18-9-4-3-5-10-18)20-13-8-14-22-21-12-7-6-11-19(21)15-23(20)22/h3-14,17,25H,2,15-16H2,1H3. The number of benzene rings is 3. The lowest BCUT2D eigenvalue weighted by atomic mass is 9.85. The molecule has 0 saturated heterocycles. The van der Waals surface area contributed by atoms with Crippen molar-refractivity contribution in [3.05, 3.63) is 95.1 Å². The molecule has 1 aliphatic rings. The van der Waals surface area contributed by atoms with Crippen LogP contribution in [0.4, 0.5) is 0 Å². The van der Waals surface area contributed by atoms with Gasteiger partial charge in [0.25, 0.3) is 0 Å². The fourth-order valence-corrected chi connectivity index (χ4v) is 4.04. The molecule has 1 nitrogen and oxygen atoms in total. The highest BCUT2D eigenvalue weighted by Gasteiger charge is 2.24. The minimum atomic E-state index is 0.400. The van der Waals surface area contributed by atoms with Crippen molar-refractivity contribution in [2.24, 2.45) is 0 Å². The van der Waals surface area contributed by atoms with Crippen LogP contribution in [0.2, 0.25) is 0 Å². The molecule has 3 aromatic rings. The second kappa shape index (κ2) is 6.68. The van der Waals surface area contributed by atoms with Crippen LogP contribution in [-0.2, 0) is 6.42 Å². The van der Waals surface area contributed by atoms with Gasteiger partial charge in [0.1, 0.15) is 0 Å². The van der Waals surface area contributed by atoms with Gasteiger partial charge in [-0.1, -0.05) is 79.7 Å². The van der Waals surface area contributed by atoms with Gasteiger partial charge >= 0.3 is 0 Å². The van der Waals surface area contributed by atoms with Crippen molar-refractivity contribution in [2.45, 2.75) is 32.1 Å². The predicted molar refractivity (Wildman–Crippen MR) is 106 cm³/mol. The fourth-order valence-electron chi connectivity index (χ4n) is 4.04. The van der Waals surface area contributed by atoms with Crippen molar-refractivity contribution < 1.29 is 0 Å². The summed E-state index contributed by atoms with van der Waals surface area (Å²) in [7, 11) is 0. The van der Waals surface area contributed by atoms with E-state index in [0.29, 0.717) is 5.92 Å². The van der Waals surface area contributed by atoms with E-state index in [2.05, 4.69) is 49.4 Å². The molecule has 1 unspecified atom stereocenters. The van der Waals surface area contributed by atoms with Crippen LogP contribution in [0.25, 0.3) is 11.1 Å². The molecule has 25 heavy (non-hydrogen) atoms. The highest BCUT2D eigenvalue weighted by molar-refractivity contribution is 5.98. The van der Waals surface area contributed by atoms with E-state index in [4.69, 9.17) is 5.41 Å². The summed E-state index contributed by atoms with van der Waals surface area (Å²) in [4.78, 5) is 0. The smallest absolute Gasteiger partial charge is 0.0392 e. The van der Waals surface area contributed by atoms with Crippen LogP contribution in [0.15, 0.2) is 72.8 Å². The normalized spacial score (nSPS) is 13.2. The molecule has 1 atom stereocenters. The molecule has 1 aliphatic carbocycles. The van der Waals surface area contributed by atoms with E-state index in [1.165, 1.54) is 27.8 Å². The van der Waals surface area contributed by atoms with Crippen molar-refractivity contribution in [2.75, 3.05) is 0 Å². The number of hydrogen-bond acceptors (Lipinski definition) is 1. The summed E-state index contributed by atoms with van der Waals surface area (Å²) in [5, 5.41) is 8.54. The molecule has 0 heterocycles. The topological polar surface area (TPSA) is 23.9 Å². The summed E-state index contributed by atoms with van der Waals surface area (Å²) >= 11 is 0. The van der Waals surface area contributed by atoms with Gasteiger partial charge in [-0.05, 0) is 58.6 Å². The molecule has 0 fully saturated rings. The lowest BCUT2D eigenvalue weighted by molar-refractivity contribution is 0.684. The van der Waals surface area contributed by atoms with Gasteiger partial charge in [0, 0.05) is 5.71 Å². The molecule has 0 aliphatic heterocycles. The van der Waals surface area contributed by atoms with E-state index in [1.54, 1.807) is 0 Å². The Morgan fingerprint density at radius 1 is 0.880 bits per heavy atom. The molecule has 4 rings (SSSR count). The second-order valence-corrected chi connectivity index (χ2v) is 6.86. The molecule has 0 spiro atoms. The highest BCUT2D eigenvalue weighted by Crippen LogP contribution is 2.41. The van der Waals surface area contributed by atoms with Crippen LogP contribution in [-0.4, -0.2) is 5.71 Å². The van der Waals surface area contributed by atoms with Crippen molar-refractivity contribution in [3.63, 3.8) is 0 Å². The number of fused-ring (bicyclic) bond motifs is 3. The quantitative estimate of drug-likeness (QED) is 0.422. The number of hydrogen-bond donors (Lipinski definition) is 1. The van der Waals surface area contributed by atoms with E-state index in [-0.39, 0.29) is 0 Å². The van der Waals surface area contributed by atoms with Gasteiger partial charge in [0.15, 0.2) is 0 Å². The van der Waals surface area contributed by atoms with Gasteiger partial charge in [0.05, 0.1) is 0 Å². The Labute approximate surface area is 149 Å². The number of nitrogens with one attached hydrogen (secondary N) is 1. The maximum atomic E-state index is 8.54. The Morgan fingerprint density at radius 2 is 1.60 bits per heavy atom. The van der Waals surface area contributed by atoms with Gasteiger partial charge in [-0.3, -0.25) is 0 Å². The SMILES string of the molecule is CCC(CC(=N)c1ccccc1)c1cccc2c1Cc1ccccc1-2. The monoisotopic (exact) mass is 325 g/mol. The lowest BCUT2D eigenvalue weighted by Gasteiger charge is -2.20. The van der Waals surface area contributed by atoms with Gasteiger partial charge < -0.3 is 5.41 Å². The van der Waals surface area contributed by atoms with E-state index in [9.17, 15) is 0 Å². The van der Waals surface area contributed by atoms with Crippen LogP contribution < -0.4 is 0 Å². The molecular formula is C24H23N. The van der Waals surface area contributed by atoms with Crippen molar-refractivity contribution in [1.29, 1.82) is 5.41 Å². The van der Waals surface area contributed by atoms with Crippen molar-refractivity contribution in [3.8, 4) is 11.1 Å². The summed E-state index contributed by atoms with van der Waals surface area (Å²) in [6.07, 6.45) is 2.88. The minimum Gasteiger partial charge on any atom is -0.305 e. The third kappa shape index (κ3) is 2.91. The first-order chi connectivity index (χ1) is 12.3.